The smallest absolute Gasteiger partial charge is 0.251 e. The molecular formula is C12H10BrNO4S2. The molecule has 0 unspecified atom stereocenters. The van der Waals surface area contributed by atoms with Crippen molar-refractivity contribution < 1.29 is 17.9 Å². The summed E-state index contributed by atoms with van der Waals surface area (Å²) in [6.07, 6.45) is 0. The summed E-state index contributed by atoms with van der Waals surface area (Å²) in [6, 6.07) is 7.10. The van der Waals surface area contributed by atoms with Gasteiger partial charge in [0.2, 0.25) is 6.79 Å². The number of rotatable bonds is 4. The van der Waals surface area contributed by atoms with Gasteiger partial charge in [0.1, 0.15) is 4.21 Å². The van der Waals surface area contributed by atoms with Gasteiger partial charge >= 0.3 is 0 Å². The Bertz CT molecular complexity index is 742. The molecule has 1 aliphatic heterocycles. The van der Waals surface area contributed by atoms with Crippen LogP contribution in [0.1, 0.15) is 5.56 Å². The number of fused-ring (bicyclic) bond motifs is 1. The van der Waals surface area contributed by atoms with Crippen LogP contribution in [0, 0.1) is 0 Å². The van der Waals surface area contributed by atoms with Gasteiger partial charge in [-0.3, -0.25) is 0 Å². The lowest BCUT2D eigenvalue weighted by Crippen LogP contribution is -2.22. The number of ether oxygens (including phenoxy) is 2. The van der Waals surface area contributed by atoms with Gasteiger partial charge in [-0.25, -0.2) is 13.1 Å². The molecule has 1 aromatic heterocycles. The number of sulfonamides is 1. The normalized spacial score (nSPS) is 13.7. The minimum absolute atomic E-state index is 0.152. The number of hydrogen-bond acceptors (Lipinski definition) is 5. The Labute approximate surface area is 128 Å². The van der Waals surface area contributed by atoms with E-state index in [0.29, 0.717) is 16.0 Å². The number of nitrogens with one attached hydrogen (secondary N) is 1. The predicted molar refractivity (Wildman–Crippen MR) is 78.6 cm³/mol. The molecule has 1 aromatic carbocycles. The van der Waals surface area contributed by atoms with E-state index >= 15 is 0 Å². The Kier molecular flexibility index (Phi) is 3.72. The standard InChI is InChI=1S/C12H10BrNO4S2/c13-9-4-5-19-12(9)20(15,16)14-6-8-2-1-3-10-11(8)18-7-17-10/h1-5,14H,6-7H2. The van der Waals surface area contributed by atoms with Crippen LogP contribution in [0.15, 0.2) is 38.3 Å². The van der Waals surface area contributed by atoms with E-state index in [9.17, 15) is 8.42 Å². The van der Waals surface area contributed by atoms with Gasteiger partial charge in [0.25, 0.3) is 10.0 Å². The van der Waals surface area contributed by atoms with E-state index in [1.807, 2.05) is 0 Å². The molecule has 1 N–H and O–H groups in total. The Hall–Kier alpha value is -1.09. The van der Waals surface area contributed by atoms with Gasteiger partial charge in [0.15, 0.2) is 11.5 Å². The van der Waals surface area contributed by atoms with Crippen LogP contribution in [0.5, 0.6) is 11.5 Å². The molecule has 3 rings (SSSR count). The van der Waals surface area contributed by atoms with Crippen molar-refractivity contribution >= 4 is 37.3 Å². The topological polar surface area (TPSA) is 64.6 Å². The van der Waals surface area contributed by atoms with Crippen molar-refractivity contribution in [1.29, 1.82) is 0 Å². The maximum atomic E-state index is 12.2. The molecular weight excluding hydrogens is 366 g/mol. The van der Waals surface area contributed by atoms with Crippen LogP contribution < -0.4 is 14.2 Å². The average molecular weight is 376 g/mol. The molecule has 1 aliphatic rings. The number of hydrogen-bond donors (Lipinski definition) is 1. The molecule has 0 bridgehead atoms. The average Bonchev–Trinajstić information content (AvgIpc) is 3.04. The fourth-order valence-electron chi connectivity index (χ4n) is 1.84. The van der Waals surface area contributed by atoms with E-state index in [0.717, 1.165) is 16.9 Å². The molecule has 2 heterocycles. The molecule has 0 aliphatic carbocycles. The van der Waals surface area contributed by atoms with E-state index in [1.54, 1.807) is 29.6 Å². The maximum absolute atomic E-state index is 12.2. The third kappa shape index (κ3) is 2.56. The molecule has 20 heavy (non-hydrogen) atoms. The Morgan fingerprint density at radius 1 is 1.30 bits per heavy atom. The molecule has 0 amide bonds. The Morgan fingerprint density at radius 2 is 2.15 bits per heavy atom. The lowest BCUT2D eigenvalue weighted by atomic mass is 10.2. The molecule has 0 fully saturated rings. The summed E-state index contributed by atoms with van der Waals surface area (Å²) in [4.78, 5) is 0. The second-order valence-electron chi connectivity index (χ2n) is 4.03. The first-order valence-electron chi connectivity index (χ1n) is 5.68. The van der Waals surface area contributed by atoms with Gasteiger partial charge in [-0.2, -0.15) is 0 Å². The van der Waals surface area contributed by atoms with Gasteiger partial charge in [-0.1, -0.05) is 12.1 Å². The van der Waals surface area contributed by atoms with Gasteiger partial charge < -0.3 is 9.47 Å². The van der Waals surface area contributed by atoms with Crippen molar-refractivity contribution in [3.05, 3.63) is 39.7 Å². The lowest BCUT2D eigenvalue weighted by molar-refractivity contribution is 0.173. The molecule has 8 heteroatoms. The number of benzene rings is 1. The zero-order valence-electron chi connectivity index (χ0n) is 10.1. The fraction of sp³-hybridized carbons (Fsp3) is 0.167. The predicted octanol–water partition coefficient (Wildman–Crippen LogP) is 2.72. The zero-order valence-corrected chi connectivity index (χ0v) is 13.3. The van der Waals surface area contributed by atoms with Crippen molar-refractivity contribution in [1.82, 2.24) is 4.72 Å². The van der Waals surface area contributed by atoms with Crippen molar-refractivity contribution in [3.8, 4) is 11.5 Å². The molecule has 0 atom stereocenters. The van der Waals surface area contributed by atoms with Crippen LogP contribution in [-0.2, 0) is 16.6 Å². The van der Waals surface area contributed by atoms with Gasteiger partial charge in [0, 0.05) is 16.6 Å². The van der Waals surface area contributed by atoms with E-state index in [2.05, 4.69) is 20.7 Å². The van der Waals surface area contributed by atoms with Crippen LogP contribution >= 0.6 is 27.3 Å². The highest BCUT2D eigenvalue weighted by atomic mass is 79.9. The minimum atomic E-state index is -3.54. The van der Waals surface area contributed by atoms with Crippen molar-refractivity contribution in [2.45, 2.75) is 10.8 Å². The summed E-state index contributed by atoms with van der Waals surface area (Å²) in [5, 5.41) is 1.72. The molecule has 5 nitrogen and oxygen atoms in total. The van der Waals surface area contributed by atoms with Crippen LogP contribution in [-0.4, -0.2) is 15.2 Å². The van der Waals surface area contributed by atoms with Crippen LogP contribution in [0.2, 0.25) is 0 Å². The Morgan fingerprint density at radius 3 is 2.90 bits per heavy atom. The van der Waals surface area contributed by atoms with E-state index in [4.69, 9.17) is 9.47 Å². The van der Waals surface area contributed by atoms with Crippen molar-refractivity contribution in [2.24, 2.45) is 0 Å². The molecule has 0 saturated heterocycles. The van der Waals surface area contributed by atoms with E-state index < -0.39 is 10.0 Å². The summed E-state index contributed by atoms with van der Waals surface area (Å²) in [6.45, 7) is 0.314. The quantitative estimate of drug-likeness (QED) is 0.891. The minimum Gasteiger partial charge on any atom is -0.454 e. The van der Waals surface area contributed by atoms with Crippen LogP contribution in [0.25, 0.3) is 0 Å². The summed E-state index contributed by atoms with van der Waals surface area (Å²) >= 11 is 4.39. The second-order valence-corrected chi connectivity index (χ2v) is 7.76. The van der Waals surface area contributed by atoms with Crippen molar-refractivity contribution in [3.63, 3.8) is 0 Å². The van der Waals surface area contributed by atoms with Crippen molar-refractivity contribution in [2.75, 3.05) is 6.79 Å². The first-order valence-corrected chi connectivity index (χ1v) is 8.83. The highest BCUT2D eigenvalue weighted by Crippen LogP contribution is 2.35. The second kappa shape index (κ2) is 5.36. The summed E-state index contributed by atoms with van der Waals surface area (Å²) < 4.78 is 38.4. The van der Waals surface area contributed by atoms with Gasteiger partial charge in [0.05, 0.1) is 0 Å². The maximum Gasteiger partial charge on any atom is 0.251 e. The highest BCUT2D eigenvalue weighted by Gasteiger charge is 2.22. The zero-order chi connectivity index (χ0) is 14.2. The molecule has 2 aromatic rings. The first-order chi connectivity index (χ1) is 9.58. The lowest BCUT2D eigenvalue weighted by Gasteiger charge is -2.08. The monoisotopic (exact) mass is 375 g/mol. The highest BCUT2D eigenvalue weighted by molar-refractivity contribution is 9.10. The third-order valence-corrected chi connectivity index (χ3v) is 6.83. The van der Waals surface area contributed by atoms with Gasteiger partial charge in [-0.15, -0.1) is 11.3 Å². The number of thiophene rings is 1. The largest absolute Gasteiger partial charge is 0.454 e. The van der Waals surface area contributed by atoms with E-state index in [1.165, 1.54) is 0 Å². The Balaban J connectivity index is 1.81. The van der Waals surface area contributed by atoms with E-state index in [-0.39, 0.29) is 17.5 Å². The fourth-order valence-corrected chi connectivity index (χ4v) is 5.23. The number of para-hydroxylation sites is 1. The summed E-state index contributed by atoms with van der Waals surface area (Å²) in [7, 11) is -3.54. The molecule has 106 valence electrons. The van der Waals surface area contributed by atoms with Crippen LogP contribution in [0.4, 0.5) is 0 Å². The SMILES string of the molecule is O=S(=O)(NCc1cccc2c1OCO2)c1sccc1Br. The molecule has 0 saturated carbocycles. The van der Waals surface area contributed by atoms with Gasteiger partial charge in [-0.05, 0) is 33.4 Å². The molecule has 0 spiro atoms. The third-order valence-electron chi connectivity index (χ3n) is 2.76. The van der Waals surface area contributed by atoms with Crippen LogP contribution in [0.3, 0.4) is 0 Å². The summed E-state index contributed by atoms with van der Waals surface area (Å²) in [5.74, 6) is 1.24. The summed E-state index contributed by atoms with van der Waals surface area (Å²) in [5.41, 5.74) is 0.747. The first kappa shape index (κ1) is 13.9. The number of halogens is 1. The molecule has 0 radical (unpaired) electrons.